The highest BCUT2D eigenvalue weighted by Gasteiger charge is 2.33. The molecule has 0 spiro atoms. The molecule has 4 heterocycles. The monoisotopic (exact) mass is 614 g/mol. The second kappa shape index (κ2) is 11.0. The molecule has 1 amide bonds. The number of aromatic nitrogens is 4. The summed E-state index contributed by atoms with van der Waals surface area (Å²) < 4.78 is 27.2. The lowest BCUT2D eigenvalue weighted by Crippen LogP contribution is -2.51. The van der Waals surface area contributed by atoms with Crippen molar-refractivity contribution >= 4 is 50.1 Å². The van der Waals surface area contributed by atoms with Crippen LogP contribution in [0.15, 0.2) is 47.3 Å². The molecule has 1 aliphatic rings. The van der Waals surface area contributed by atoms with Gasteiger partial charge in [0.1, 0.15) is 22.4 Å². The zero-order valence-electron chi connectivity index (χ0n) is 21.9. The van der Waals surface area contributed by atoms with Crippen molar-refractivity contribution in [1.82, 2.24) is 24.8 Å². The number of benzene rings is 1. The number of ether oxygens (including phenoxy) is 2. The number of carbonyl (C=O) groups is 1. The van der Waals surface area contributed by atoms with Gasteiger partial charge < -0.3 is 19.7 Å². The number of anilines is 1. The van der Waals surface area contributed by atoms with Crippen LogP contribution in [0.5, 0.6) is 11.6 Å². The van der Waals surface area contributed by atoms with E-state index in [2.05, 4.69) is 41.2 Å². The van der Waals surface area contributed by atoms with Crippen LogP contribution in [0.25, 0.3) is 21.3 Å². The van der Waals surface area contributed by atoms with Crippen LogP contribution in [0, 0.1) is 6.92 Å². The zero-order valence-corrected chi connectivity index (χ0v) is 24.3. The number of aryl methyl sites for hydroxylation is 1. The van der Waals surface area contributed by atoms with Crippen LogP contribution in [0.3, 0.4) is 0 Å². The van der Waals surface area contributed by atoms with Gasteiger partial charge in [-0.2, -0.15) is 0 Å². The summed E-state index contributed by atoms with van der Waals surface area (Å²) in [5.74, 6) is 1.37. The molecule has 1 saturated heterocycles. The second-order valence-electron chi connectivity index (χ2n) is 10.3. The standard InChI is InChI=1S/C27H28BrFN6O3S/c1-15-32-24(37-22-6-5-20(28)18-7-9-30-12-19(18)22)23(39-15)21-8-10-31-25(34-21)33-17-11-16(29)13-35(14-17)26(36)38-27(2,3)4/h5-10,12,16-17H,11,13-14H2,1-4H3,(H,31,33,34)/t16-,17-/m0/s1. The fourth-order valence-electron chi connectivity index (χ4n) is 4.31. The number of halogens is 2. The molecule has 1 aliphatic heterocycles. The molecule has 1 aromatic carbocycles. The minimum Gasteiger partial charge on any atom is -0.444 e. The number of hydrogen-bond acceptors (Lipinski definition) is 9. The molecule has 5 rings (SSSR count). The van der Waals surface area contributed by atoms with Gasteiger partial charge >= 0.3 is 6.09 Å². The van der Waals surface area contributed by atoms with Crippen molar-refractivity contribution in [2.45, 2.75) is 51.9 Å². The molecule has 9 nitrogen and oxygen atoms in total. The predicted octanol–water partition coefficient (Wildman–Crippen LogP) is 6.77. The summed E-state index contributed by atoms with van der Waals surface area (Å²) in [6, 6.07) is 7.10. The maximum Gasteiger partial charge on any atom is 0.410 e. The Hall–Kier alpha value is -3.38. The number of carbonyl (C=O) groups excluding carboxylic acids is 1. The molecule has 3 aromatic heterocycles. The van der Waals surface area contributed by atoms with Gasteiger partial charge in [-0.05, 0) is 52.0 Å². The van der Waals surface area contributed by atoms with Crippen LogP contribution in [0.1, 0.15) is 32.2 Å². The van der Waals surface area contributed by atoms with E-state index in [1.807, 2.05) is 25.1 Å². The van der Waals surface area contributed by atoms with Crippen molar-refractivity contribution < 1.29 is 18.7 Å². The van der Waals surface area contributed by atoms with Gasteiger partial charge in [0.15, 0.2) is 0 Å². The van der Waals surface area contributed by atoms with E-state index in [-0.39, 0.29) is 25.6 Å². The number of fused-ring (bicyclic) bond motifs is 1. The first-order chi connectivity index (χ1) is 18.6. The third-order valence-electron chi connectivity index (χ3n) is 5.91. The number of alkyl halides is 1. The summed E-state index contributed by atoms with van der Waals surface area (Å²) in [5.41, 5.74) is -0.0453. The maximum absolute atomic E-state index is 14.6. The Labute approximate surface area is 237 Å². The number of pyridine rings is 1. The largest absolute Gasteiger partial charge is 0.444 e. The Morgan fingerprint density at radius 1 is 1.15 bits per heavy atom. The average molecular weight is 616 g/mol. The number of nitrogens with zero attached hydrogens (tertiary/aromatic N) is 5. The smallest absolute Gasteiger partial charge is 0.410 e. The van der Waals surface area contributed by atoms with Crippen molar-refractivity contribution in [2.75, 3.05) is 18.4 Å². The van der Waals surface area contributed by atoms with Gasteiger partial charge in [-0.3, -0.25) is 4.98 Å². The summed E-state index contributed by atoms with van der Waals surface area (Å²) in [7, 11) is 0. The molecule has 0 radical (unpaired) electrons. The second-order valence-corrected chi connectivity index (χ2v) is 12.3. The van der Waals surface area contributed by atoms with Gasteiger partial charge in [-0.25, -0.2) is 24.1 Å². The first-order valence-electron chi connectivity index (χ1n) is 12.4. The van der Waals surface area contributed by atoms with Gasteiger partial charge in [-0.15, -0.1) is 11.3 Å². The summed E-state index contributed by atoms with van der Waals surface area (Å²) in [6.45, 7) is 7.53. The lowest BCUT2D eigenvalue weighted by molar-refractivity contribution is 0.0124. The normalized spacial score (nSPS) is 17.7. The Morgan fingerprint density at radius 3 is 2.77 bits per heavy atom. The molecule has 4 aromatic rings. The van der Waals surface area contributed by atoms with E-state index >= 15 is 0 Å². The van der Waals surface area contributed by atoms with E-state index in [4.69, 9.17) is 9.47 Å². The number of thiazole rings is 1. The molecule has 39 heavy (non-hydrogen) atoms. The number of piperidine rings is 1. The summed E-state index contributed by atoms with van der Waals surface area (Å²) in [6.07, 6.45) is 3.61. The van der Waals surface area contributed by atoms with Gasteiger partial charge in [0, 0.05) is 52.8 Å². The number of nitrogens with one attached hydrogen (secondary N) is 1. The van der Waals surface area contributed by atoms with Crippen LogP contribution < -0.4 is 10.1 Å². The van der Waals surface area contributed by atoms with E-state index in [0.717, 1.165) is 25.1 Å². The van der Waals surface area contributed by atoms with Gasteiger partial charge in [0.25, 0.3) is 0 Å². The highest BCUT2D eigenvalue weighted by Crippen LogP contribution is 2.40. The van der Waals surface area contributed by atoms with E-state index < -0.39 is 17.9 Å². The molecule has 0 saturated carbocycles. The van der Waals surface area contributed by atoms with E-state index in [1.54, 1.807) is 45.4 Å². The molecule has 1 fully saturated rings. The minimum absolute atomic E-state index is 0.00487. The number of hydrogen-bond donors (Lipinski definition) is 1. The molecular formula is C27H28BrFN6O3S. The third-order valence-corrected chi connectivity index (χ3v) is 7.57. The van der Waals surface area contributed by atoms with Crippen LogP contribution in [0.2, 0.25) is 0 Å². The fourth-order valence-corrected chi connectivity index (χ4v) is 5.61. The molecular weight excluding hydrogens is 587 g/mol. The Bertz CT molecular complexity index is 1510. The molecule has 0 unspecified atom stereocenters. The quantitative estimate of drug-likeness (QED) is 0.263. The first kappa shape index (κ1) is 27.2. The van der Waals surface area contributed by atoms with Crippen molar-refractivity contribution in [3.05, 3.63) is 52.3 Å². The summed E-state index contributed by atoms with van der Waals surface area (Å²) in [5, 5.41) is 5.83. The summed E-state index contributed by atoms with van der Waals surface area (Å²) >= 11 is 5.03. The Kier molecular flexibility index (Phi) is 7.68. The Balaban J connectivity index is 1.37. The van der Waals surface area contributed by atoms with Crippen molar-refractivity contribution in [1.29, 1.82) is 0 Å². The summed E-state index contributed by atoms with van der Waals surface area (Å²) in [4.78, 5) is 32.5. The maximum atomic E-state index is 14.6. The van der Waals surface area contributed by atoms with Crippen LogP contribution in [-0.2, 0) is 4.74 Å². The molecule has 204 valence electrons. The topological polar surface area (TPSA) is 102 Å². The first-order valence-corrected chi connectivity index (χ1v) is 14.1. The minimum atomic E-state index is -1.19. The van der Waals surface area contributed by atoms with Crippen LogP contribution in [0.4, 0.5) is 15.1 Å². The molecule has 0 bridgehead atoms. The lowest BCUT2D eigenvalue weighted by atomic mass is 10.0. The van der Waals surface area contributed by atoms with Crippen LogP contribution in [-0.4, -0.2) is 61.8 Å². The van der Waals surface area contributed by atoms with Crippen molar-refractivity contribution in [3.63, 3.8) is 0 Å². The third kappa shape index (κ3) is 6.44. The Morgan fingerprint density at radius 2 is 1.97 bits per heavy atom. The molecule has 12 heteroatoms. The van der Waals surface area contributed by atoms with Crippen molar-refractivity contribution in [2.24, 2.45) is 0 Å². The van der Waals surface area contributed by atoms with E-state index in [0.29, 0.717) is 23.3 Å². The average Bonchev–Trinajstić information content (AvgIpc) is 3.24. The van der Waals surface area contributed by atoms with E-state index in [1.165, 1.54) is 16.2 Å². The highest BCUT2D eigenvalue weighted by molar-refractivity contribution is 9.10. The zero-order chi connectivity index (χ0) is 27.7. The van der Waals surface area contributed by atoms with Gasteiger partial charge in [-0.1, -0.05) is 15.9 Å². The number of likely N-dealkylation sites (tertiary alicyclic amines) is 1. The number of amides is 1. The predicted molar refractivity (Wildman–Crippen MR) is 152 cm³/mol. The van der Waals surface area contributed by atoms with E-state index in [9.17, 15) is 9.18 Å². The molecule has 2 atom stereocenters. The molecule has 1 N–H and O–H groups in total. The van der Waals surface area contributed by atoms with Gasteiger partial charge in [0.05, 0.1) is 17.2 Å². The lowest BCUT2D eigenvalue weighted by Gasteiger charge is -2.36. The SMILES string of the molecule is Cc1nc(Oc2ccc(Br)c3ccncc23)c(-c2ccnc(N[C@H]3C[C@H](F)CN(C(=O)OC(C)(C)C)C3)n2)s1. The van der Waals surface area contributed by atoms with Gasteiger partial charge in [0.2, 0.25) is 11.8 Å². The highest BCUT2D eigenvalue weighted by atomic mass is 79.9. The molecule has 0 aliphatic carbocycles. The fraction of sp³-hybridized carbons (Fsp3) is 0.370. The van der Waals surface area contributed by atoms with Crippen LogP contribution >= 0.6 is 27.3 Å². The van der Waals surface area contributed by atoms with Crippen molar-refractivity contribution in [3.8, 4) is 22.2 Å². The number of rotatable bonds is 5.